The molecule has 3 rings (SSSR count). The lowest BCUT2D eigenvalue weighted by Gasteiger charge is -2.12. The highest BCUT2D eigenvalue weighted by atomic mass is 32.1. The van der Waals surface area contributed by atoms with Crippen LogP contribution in [0.1, 0.15) is 17.4 Å². The van der Waals surface area contributed by atoms with Crippen LogP contribution in [0.4, 0.5) is 5.13 Å². The number of H-pyrrole nitrogens is 1. The molecule has 7 heteroatoms. The molecule has 1 aromatic carbocycles. The Morgan fingerprint density at radius 3 is 2.86 bits per heavy atom. The van der Waals surface area contributed by atoms with Gasteiger partial charge in [0.1, 0.15) is 11.7 Å². The Hall–Kier alpha value is -2.67. The zero-order valence-corrected chi connectivity index (χ0v) is 12.6. The molecule has 0 saturated heterocycles. The second-order valence-corrected chi connectivity index (χ2v) is 5.69. The van der Waals surface area contributed by atoms with Gasteiger partial charge >= 0.3 is 0 Å². The number of para-hydroxylation sites is 1. The number of aromatic amines is 1. The van der Waals surface area contributed by atoms with E-state index >= 15 is 0 Å². The van der Waals surface area contributed by atoms with Crippen molar-refractivity contribution in [1.82, 2.24) is 15.3 Å². The fraction of sp³-hybridized carbons (Fsp3) is 0.133. The molecule has 0 aliphatic carbocycles. The molecule has 0 aliphatic rings. The van der Waals surface area contributed by atoms with E-state index in [0.717, 1.165) is 10.9 Å². The molecule has 0 spiro atoms. The van der Waals surface area contributed by atoms with Crippen LogP contribution in [0.3, 0.4) is 0 Å². The first-order valence-corrected chi connectivity index (χ1v) is 7.60. The lowest BCUT2D eigenvalue weighted by Crippen LogP contribution is -2.41. The van der Waals surface area contributed by atoms with Crippen molar-refractivity contribution in [2.45, 2.75) is 13.0 Å². The van der Waals surface area contributed by atoms with Crippen LogP contribution in [0.5, 0.6) is 0 Å². The second kappa shape index (κ2) is 5.98. The first-order valence-electron chi connectivity index (χ1n) is 6.72. The summed E-state index contributed by atoms with van der Waals surface area (Å²) in [5, 5.41) is 8.54. The molecule has 112 valence electrons. The molecule has 0 fully saturated rings. The van der Waals surface area contributed by atoms with E-state index in [2.05, 4.69) is 20.6 Å². The van der Waals surface area contributed by atoms with Gasteiger partial charge in [0.25, 0.3) is 5.91 Å². The molecular weight excluding hydrogens is 300 g/mol. The quantitative estimate of drug-likeness (QED) is 0.691. The maximum atomic E-state index is 12.2. The zero-order chi connectivity index (χ0) is 15.5. The molecule has 6 nitrogen and oxygen atoms in total. The van der Waals surface area contributed by atoms with Gasteiger partial charge in [0.05, 0.1) is 0 Å². The van der Waals surface area contributed by atoms with E-state index in [0.29, 0.717) is 10.8 Å². The number of aromatic nitrogens is 2. The first-order chi connectivity index (χ1) is 10.6. The number of hydrogen-bond acceptors (Lipinski definition) is 4. The summed E-state index contributed by atoms with van der Waals surface area (Å²) in [6.07, 6.45) is 1.61. The van der Waals surface area contributed by atoms with Crippen molar-refractivity contribution in [3.8, 4) is 0 Å². The van der Waals surface area contributed by atoms with Crippen molar-refractivity contribution in [2.75, 3.05) is 5.32 Å². The summed E-state index contributed by atoms with van der Waals surface area (Å²) >= 11 is 1.32. The summed E-state index contributed by atoms with van der Waals surface area (Å²) in [4.78, 5) is 31.2. The minimum atomic E-state index is -0.664. The van der Waals surface area contributed by atoms with Gasteiger partial charge in [0.15, 0.2) is 5.13 Å². The highest BCUT2D eigenvalue weighted by Crippen LogP contribution is 2.15. The molecule has 0 aliphatic heterocycles. The average molecular weight is 314 g/mol. The number of carbonyl (C=O) groups excluding carboxylic acids is 2. The predicted octanol–water partition coefficient (Wildman–Crippen LogP) is 2.38. The van der Waals surface area contributed by atoms with Gasteiger partial charge in [0, 0.05) is 22.5 Å². The maximum absolute atomic E-state index is 12.2. The average Bonchev–Trinajstić information content (AvgIpc) is 3.15. The van der Waals surface area contributed by atoms with Gasteiger partial charge in [-0.3, -0.25) is 9.59 Å². The van der Waals surface area contributed by atoms with Crippen LogP contribution in [-0.2, 0) is 4.79 Å². The predicted molar refractivity (Wildman–Crippen MR) is 86.0 cm³/mol. The molecule has 2 amide bonds. The molecule has 0 bridgehead atoms. The van der Waals surface area contributed by atoms with Crippen molar-refractivity contribution in [1.29, 1.82) is 0 Å². The molecule has 2 heterocycles. The van der Waals surface area contributed by atoms with Gasteiger partial charge in [0.2, 0.25) is 5.91 Å². The minimum Gasteiger partial charge on any atom is -0.351 e. The highest BCUT2D eigenvalue weighted by Gasteiger charge is 2.18. The van der Waals surface area contributed by atoms with E-state index in [1.54, 1.807) is 24.6 Å². The molecular formula is C15H14N4O2S. The van der Waals surface area contributed by atoms with Crippen molar-refractivity contribution in [2.24, 2.45) is 0 Å². The molecule has 1 atom stereocenters. The van der Waals surface area contributed by atoms with Crippen LogP contribution in [0, 0.1) is 0 Å². The normalized spacial score (nSPS) is 12.0. The summed E-state index contributed by atoms with van der Waals surface area (Å²) in [5.74, 6) is -0.627. The lowest BCUT2D eigenvalue weighted by molar-refractivity contribution is -0.117. The number of hydrogen-bond donors (Lipinski definition) is 3. The third-order valence-corrected chi connectivity index (χ3v) is 3.87. The molecule has 2 aromatic heterocycles. The Bertz CT molecular complexity index is 777. The molecule has 0 unspecified atom stereocenters. The summed E-state index contributed by atoms with van der Waals surface area (Å²) in [6.45, 7) is 1.63. The van der Waals surface area contributed by atoms with E-state index in [1.807, 2.05) is 24.3 Å². The van der Waals surface area contributed by atoms with Crippen LogP contribution in [0.25, 0.3) is 10.9 Å². The van der Waals surface area contributed by atoms with E-state index in [4.69, 9.17) is 0 Å². The van der Waals surface area contributed by atoms with Gasteiger partial charge in [-0.2, -0.15) is 0 Å². The Labute approximate surface area is 130 Å². The summed E-state index contributed by atoms with van der Waals surface area (Å²) in [6, 6.07) is 8.71. The monoisotopic (exact) mass is 314 g/mol. The number of thiazole rings is 1. The Morgan fingerprint density at radius 1 is 1.32 bits per heavy atom. The number of anilines is 1. The fourth-order valence-corrected chi connectivity index (χ4v) is 2.57. The van der Waals surface area contributed by atoms with Gasteiger partial charge in [-0.15, -0.1) is 11.3 Å². The summed E-state index contributed by atoms with van der Waals surface area (Å²) < 4.78 is 0. The number of carbonyl (C=O) groups is 2. The van der Waals surface area contributed by atoms with Crippen LogP contribution < -0.4 is 10.6 Å². The molecule has 3 N–H and O–H groups in total. The SMILES string of the molecule is C[C@H](NC(=O)c1cc2ccccc2[nH]1)C(=O)Nc1nccs1. The van der Waals surface area contributed by atoms with Gasteiger partial charge in [-0.1, -0.05) is 18.2 Å². The topological polar surface area (TPSA) is 86.9 Å². The number of nitrogens with zero attached hydrogens (tertiary/aromatic N) is 1. The molecule has 3 aromatic rings. The van der Waals surface area contributed by atoms with E-state index in [1.165, 1.54) is 11.3 Å². The summed E-state index contributed by atoms with van der Waals surface area (Å²) in [7, 11) is 0. The van der Waals surface area contributed by atoms with E-state index in [9.17, 15) is 9.59 Å². The second-order valence-electron chi connectivity index (χ2n) is 4.79. The molecule has 0 saturated carbocycles. The van der Waals surface area contributed by atoms with Crippen molar-refractivity contribution in [3.05, 3.63) is 47.6 Å². The van der Waals surface area contributed by atoms with Crippen molar-refractivity contribution in [3.63, 3.8) is 0 Å². The van der Waals surface area contributed by atoms with Crippen LogP contribution >= 0.6 is 11.3 Å². The number of amides is 2. The third kappa shape index (κ3) is 2.99. The third-order valence-electron chi connectivity index (χ3n) is 3.18. The van der Waals surface area contributed by atoms with E-state index < -0.39 is 6.04 Å². The Kier molecular flexibility index (Phi) is 3.88. The molecule has 22 heavy (non-hydrogen) atoms. The lowest BCUT2D eigenvalue weighted by atomic mass is 10.2. The van der Waals surface area contributed by atoms with Gasteiger partial charge < -0.3 is 15.6 Å². The fourth-order valence-electron chi connectivity index (χ4n) is 2.03. The zero-order valence-electron chi connectivity index (χ0n) is 11.8. The minimum absolute atomic E-state index is 0.306. The maximum Gasteiger partial charge on any atom is 0.268 e. The Balaban J connectivity index is 1.66. The highest BCUT2D eigenvalue weighted by molar-refractivity contribution is 7.13. The smallest absolute Gasteiger partial charge is 0.268 e. The van der Waals surface area contributed by atoms with Crippen LogP contribution in [0.15, 0.2) is 41.9 Å². The van der Waals surface area contributed by atoms with E-state index in [-0.39, 0.29) is 11.8 Å². The number of benzene rings is 1. The standard InChI is InChI=1S/C15H14N4O2S/c1-9(13(20)19-15-16-6-7-22-15)17-14(21)12-8-10-4-2-3-5-11(10)18-12/h2-9,18H,1H3,(H,17,21)(H,16,19,20)/t9-/m0/s1. The number of fused-ring (bicyclic) bond motifs is 1. The number of nitrogens with one attached hydrogen (secondary N) is 3. The van der Waals surface area contributed by atoms with Crippen molar-refractivity contribution < 1.29 is 9.59 Å². The van der Waals surface area contributed by atoms with Crippen LogP contribution in [-0.4, -0.2) is 27.8 Å². The molecule has 0 radical (unpaired) electrons. The largest absolute Gasteiger partial charge is 0.351 e. The number of rotatable bonds is 4. The van der Waals surface area contributed by atoms with Gasteiger partial charge in [-0.05, 0) is 19.1 Å². The van der Waals surface area contributed by atoms with Gasteiger partial charge in [-0.25, -0.2) is 4.98 Å². The summed E-state index contributed by atoms with van der Waals surface area (Å²) in [5.41, 5.74) is 1.31. The Morgan fingerprint density at radius 2 is 2.14 bits per heavy atom. The first kappa shape index (κ1) is 14.3. The van der Waals surface area contributed by atoms with Crippen molar-refractivity contribution >= 4 is 39.2 Å². The van der Waals surface area contributed by atoms with Crippen LogP contribution in [0.2, 0.25) is 0 Å².